The van der Waals surface area contributed by atoms with Gasteiger partial charge in [0.05, 0.1) is 5.56 Å². The minimum Gasteiger partial charge on any atom is -0.334 e. The van der Waals surface area contributed by atoms with E-state index >= 15 is 0 Å². The summed E-state index contributed by atoms with van der Waals surface area (Å²) in [5, 5.41) is 6.63. The number of aromatic nitrogens is 3. The van der Waals surface area contributed by atoms with Crippen LogP contribution in [0.3, 0.4) is 0 Å². The third-order valence-corrected chi connectivity index (χ3v) is 3.97. The molecule has 0 radical (unpaired) electrons. The van der Waals surface area contributed by atoms with Crippen molar-refractivity contribution in [3.05, 3.63) is 64.3 Å². The maximum atomic E-state index is 12.3. The number of aryl methyl sites for hydroxylation is 2. The van der Waals surface area contributed by atoms with Crippen molar-refractivity contribution < 1.29 is 9.32 Å². The van der Waals surface area contributed by atoms with E-state index in [0.717, 1.165) is 6.42 Å². The Morgan fingerprint density at radius 3 is 2.54 bits per heavy atom. The molecule has 7 heteroatoms. The van der Waals surface area contributed by atoms with Crippen LogP contribution in [0.5, 0.6) is 0 Å². The monoisotopic (exact) mass is 352 g/mol. The van der Waals surface area contributed by atoms with Gasteiger partial charge in [-0.1, -0.05) is 31.1 Å². The number of hydrogen-bond donors (Lipinski definition) is 1. The van der Waals surface area contributed by atoms with Gasteiger partial charge in [0.25, 0.3) is 11.4 Å². The maximum absolute atomic E-state index is 12.3. The molecule has 3 rings (SSSR count). The summed E-state index contributed by atoms with van der Waals surface area (Å²) in [6.07, 6.45) is 3.14. The van der Waals surface area contributed by atoms with Crippen LogP contribution in [-0.4, -0.2) is 20.6 Å². The van der Waals surface area contributed by atoms with E-state index in [0.29, 0.717) is 29.4 Å². The first-order valence-electron chi connectivity index (χ1n) is 8.51. The zero-order chi connectivity index (χ0) is 18.5. The smallest absolute Gasteiger partial charge is 0.259 e. The highest BCUT2D eigenvalue weighted by Gasteiger charge is 2.11. The third-order valence-electron chi connectivity index (χ3n) is 3.97. The molecule has 2 heterocycles. The van der Waals surface area contributed by atoms with Crippen LogP contribution in [0, 0.1) is 0 Å². The van der Waals surface area contributed by atoms with Gasteiger partial charge in [-0.15, -0.1) is 0 Å². The van der Waals surface area contributed by atoms with Gasteiger partial charge in [0.15, 0.2) is 5.82 Å². The molecule has 0 aliphatic rings. The molecular formula is C19H20N4O3. The normalized spacial score (nSPS) is 10.7. The summed E-state index contributed by atoms with van der Waals surface area (Å²) >= 11 is 0. The predicted octanol–water partition coefficient (Wildman–Crippen LogP) is 2.66. The van der Waals surface area contributed by atoms with Gasteiger partial charge < -0.3 is 14.4 Å². The Hall–Kier alpha value is -3.22. The van der Waals surface area contributed by atoms with Gasteiger partial charge in [0.2, 0.25) is 5.91 Å². The Morgan fingerprint density at radius 1 is 1.12 bits per heavy atom. The molecule has 0 spiro atoms. The predicted molar refractivity (Wildman–Crippen MR) is 97.8 cm³/mol. The Bertz CT molecular complexity index is 957. The van der Waals surface area contributed by atoms with Crippen molar-refractivity contribution in [2.45, 2.75) is 33.2 Å². The van der Waals surface area contributed by atoms with Crippen LogP contribution in [0.1, 0.15) is 25.2 Å². The lowest BCUT2D eigenvalue weighted by molar-refractivity contribution is -0.116. The van der Waals surface area contributed by atoms with Crippen LogP contribution >= 0.6 is 0 Å². The summed E-state index contributed by atoms with van der Waals surface area (Å²) in [6, 6.07) is 10.6. The van der Waals surface area contributed by atoms with Crippen molar-refractivity contribution >= 4 is 11.6 Å². The Balaban J connectivity index is 1.74. The van der Waals surface area contributed by atoms with E-state index in [1.54, 1.807) is 12.3 Å². The summed E-state index contributed by atoms with van der Waals surface area (Å²) in [4.78, 5) is 28.6. The molecule has 26 heavy (non-hydrogen) atoms. The number of carbonyl (C=O) groups is 1. The lowest BCUT2D eigenvalue weighted by atomic mass is 10.1. The van der Waals surface area contributed by atoms with E-state index in [1.807, 2.05) is 31.2 Å². The molecule has 1 amide bonds. The second kappa shape index (κ2) is 7.77. The van der Waals surface area contributed by atoms with Crippen molar-refractivity contribution in [1.82, 2.24) is 14.7 Å². The lowest BCUT2D eigenvalue weighted by Crippen LogP contribution is -2.26. The molecule has 0 aliphatic heterocycles. The highest BCUT2D eigenvalue weighted by atomic mass is 16.5. The second-order valence-corrected chi connectivity index (χ2v) is 5.85. The number of carbonyl (C=O) groups excluding carboxylic acids is 1. The number of amides is 1. The molecule has 0 saturated heterocycles. The number of nitrogens with zero attached hydrogens (tertiary/aromatic N) is 3. The van der Waals surface area contributed by atoms with Crippen molar-refractivity contribution in [3.8, 4) is 11.5 Å². The standard InChI is InChI=1S/C19H20N4O3/c1-3-13-5-8-15(9-6-13)20-17(24)12-23-11-14(7-10-18(23)25)19-21-16(4-2)22-26-19/h5-11H,3-4,12H2,1-2H3,(H,20,24). The van der Waals surface area contributed by atoms with Gasteiger partial charge in [0, 0.05) is 24.4 Å². The molecule has 2 aromatic heterocycles. The zero-order valence-corrected chi connectivity index (χ0v) is 14.7. The molecule has 1 N–H and O–H groups in total. The minimum absolute atomic E-state index is 0.100. The molecular weight excluding hydrogens is 332 g/mol. The van der Waals surface area contributed by atoms with Crippen molar-refractivity contribution in [2.24, 2.45) is 0 Å². The fourth-order valence-corrected chi connectivity index (χ4v) is 2.48. The molecule has 7 nitrogen and oxygen atoms in total. The molecule has 0 bridgehead atoms. The van der Waals surface area contributed by atoms with E-state index in [9.17, 15) is 9.59 Å². The Kier molecular flexibility index (Phi) is 5.26. The summed E-state index contributed by atoms with van der Waals surface area (Å²) in [6.45, 7) is 3.89. The van der Waals surface area contributed by atoms with Gasteiger partial charge in [-0.2, -0.15) is 4.98 Å². The first-order valence-corrected chi connectivity index (χ1v) is 8.51. The largest absolute Gasteiger partial charge is 0.334 e. The average Bonchev–Trinajstić information content (AvgIpc) is 3.13. The first kappa shape index (κ1) is 17.6. The SMILES string of the molecule is CCc1ccc(NC(=O)Cn2cc(-c3nc(CC)no3)ccc2=O)cc1. The number of benzene rings is 1. The van der Waals surface area contributed by atoms with Crippen LogP contribution in [0.4, 0.5) is 5.69 Å². The van der Waals surface area contributed by atoms with Crippen LogP contribution in [0.15, 0.2) is 51.9 Å². The van der Waals surface area contributed by atoms with Crippen LogP contribution in [-0.2, 0) is 24.2 Å². The van der Waals surface area contributed by atoms with E-state index < -0.39 is 0 Å². The van der Waals surface area contributed by atoms with Crippen LogP contribution < -0.4 is 10.9 Å². The molecule has 0 unspecified atom stereocenters. The molecule has 3 aromatic rings. The number of pyridine rings is 1. The number of rotatable bonds is 6. The second-order valence-electron chi connectivity index (χ2n) is 5.85. The van der Waals surface area contributed by atoms with Crippen molar-refractivity contribution in [3.63, 3.8) is 0 Å². The molecule has 0 saturated carbocycles. The van der Waals surface area contributed by atoms with Gasteiger partial charge in [-0.25, -0.2) is 0 Å². The number of hydrogen-bond acceptors (Lipinski definition) is 5. The number of anilines is 1. The molecule has 0 aliphatic carbocycles. The fraction of sp³-hybridized carbons (Fsp3) is 0.263. The van der Waals surface area contributed by atoms with Gasteiger partial charge >= 0.3 is 0 Å². The summed E-state index contributed by atoms with van der Waals surface area (Å²) in [5.74, 6) is 0.630. The van der Waals surface area contributed by atoms with Crippen molar-refractivity contribution in [1.29, 1.82) is 0 Å². The van der Waals surface area contributed by atoms with E-state index in [1.165, 1.54) is 16.2 Å². The first-order chi connectivity index (χ1) is 12.6. The average molecular weight is 352 g/mol. The number of nitrogens with one attached hydrogen (secondary N) is 1. The van der Waals surface area contributed by atoms with E-state index in [-0.39, 0.29) is 18.0 Å². The third kappa shape index (κ3) is 4.05. The molecule has 1 aromatic carbocycles. The highest BCUT2D eigenvalue weighted by Crippen LogP contribution is 2.15. The fourth-order valence-electron chi connectivity index (χ4n) is 2.48. The maximum Gasteiger partial charge on any atom is 0.259 e. The quantitative estimate of drug-likeness (QED) is 0.736. The molecule has 0 atom stereocenters. The zero-order valence-electron chi connectivity index (χ0n) is 14.7. The van der Waals surface area contributed by atoms with Crippen molar-refractivity contribution in [2.75, 3.05) is 5.32 Å². The Morgan fingerprint density at radius 2 is 1.88 bits per heavy atom. The summed E-state index contributed by atoms with van der Waals surface area (Å²) in [7, 11) is 0. The van der Waals surface area contributed by atoms with E-state index in [2.05, 4.69) is 22.4 Å². The van der Waals surface area contributed by atoms with Crippen LogP contribution in [0.25, 0.3) is 11.5 Å². The summed E-state index contributed by atoms with van der Waals surface area (Å²) < 4.78 is 6.50. The minimum atomic E-state index is -0.284. The highest BCUT2D eigenvalue weighted by molar-refractivity contribution is 5.90. The lowest BCUT2D eigenvalue weighted by Gasteiger charge is -2.08. The Labute approximate surface area is 150 Å². The molecule has 134 valence electrons. The van der Waals surface area contributed by atoms with Crippen LogP contribution in [0.2, 0.25) is 0 Å². The van der Waals surface area contributed by atoms with Gasteiger partial charge in [0.1, 0.15) is 6.54 Å². The molecule has 0 fully saturated rings. The van der Waals surface area contributed by atoms with Gasteiger partial charge in [-0.05, 0) is 30.2 Å². The topological polar surface area (TPSA) is 90.0 Å². The van der Waals surface area contributed by atoms with Gasteiger partial charge in [-0.3, -0.25) is 9.59 Å². The van der Waals surface area contributed by atoms with E-state index in [4.69, 9.17) is 4.52 Å². The summed E-state index contributed by atoms with van der Waals surface area (Å²) in [5.41, 5.74) is 2.20.